The second-order valence-corrected chi connectivity index (χ2v) is 8.29. The van der Waals surface area contributed by atoms with E-state index < -0.39 is 0 Å². The summed E-state index contributed by atoms with van der Waals surface area (Å²) in [4.78, 5) is 21.2. The van der Waals surface area contributed by atoms with Gasteiger partial charge in [-0.15, -0.1) is 0 Å². The van der Waals surface area contributed by atoms with Gasteiger partial charge in [0, 0.05) is 39.0 Å². The number of likely N-dealkylation sites (tertiary alicyclic amines) is 1. The molecule has 0 bridgehead atoms. The van der Waals surface area contributed by atoms with Crippen molar-refractivity contribution in [1.82, 2.24) is 14.8 Å². The van der Waals surface area contributed by atoms with Crippen LogP contribution in [0.25, 0.3) is 0 Å². The first-order chi connectivity index (χ1) is 12.6. The van der Waals surface area contributed by atoms with Crippen molar-refractivity contribution in [3.63, 3.8) is 0 Å². The summed E-state index contributed by atoms with van der Waals surface area (Å²) in [7, 11) is 0. The standard InChI is InChI=1S/C20H30N4O2/c21-17-6-7-18(22-12-17)14-23-10-8-20(9-11-23)15-24(19(25)26-20)13-16-4-2-1-3-5-16/h6-7,12,16H,1-5,8-11,13-15,21H2. The summed E-state index contributed by atoms with van der Waals surface area (Å²) in [6.45, 7) is 4.37. The number of nitrogens with zero attached hydrogens (tertiary/aromatic N) is 3. The molecule has 2 aliphatic heterocycles. The van der Waals surface area contributed by atoms with Crippen LogP contribution in [-0.2, 0) is 11.3 Å². The van der Waals surface area contributed by atoms with E-state index in [9.17, 15) is 4.79 Å². The van der Waals surface area contributed by atoms with Gasteiger partial charge in [-0.25, -0.2) is 4.79 Å². The van der Waals surface area contributed by atoms with E-state index in [1.54, 1.807) is 6.20 Å². The highest BCUT2D eigenvalue weighted by Crippen LogP contribution is 2.35. The van der Waals surface area contributed by atoms with Crippen LogP contribution in [0.4, 0.5) is 10.5 Å². The molecule has 1 aromatic rings. The number of nitrogen functional groups attached to an aromatic ring is 1. The Morgan fingerprint density at radius 3 is 2.65 bits per heavy atom. The number of hydrogen-bond acceptors (Lipinski definition) is 5. The van der Waals surface area contributed by atoms with Crippen LogP contribution < -0.4 is 5.73 Å². The van der Waals surface area contributed by atoms with Gasteiger partial charge in [-0.3, -0.25) is 9.88 Å². The van der Waals surface area contributed by atoms with Crippen LogP contribution in [-0.4, -0.2) is 52.7 Å². The molecule has 3 heterocycles. The van der Waals surface area contributed by atoms with Crippen molar-refractivity contribution >= 4 is 11.8 Å². The molecule has 142 valence electrons. The Kier molecular flexibility index (Phi) is 5.02. The molecule has 4 rings (SSSR count). The molecular formula is C20H30N4O2. The quantitative estimate of drug-likeness (QED) is 0.896. The summed E-state index contributed by atoms with van der Waals surface area (Å²) in [5.41, 5.74) is 7.17. The number of amides is 1. The number of carbonyl (C=O) groups is 1. The number of pyridine rings is 1. The maximum Gasteiger partial charge on any atom is 0.410 e. The topological polar surface area (TPSA) is 71.7 Å². The second-order valence-electron chi connectivity index (χ2n) is 8.29. The molecule has 2 saturated heterocycles. The predicted molar refractivity (Wildman–Crippen MR) is 101 cm³/mol. The fourth-order valence-electron chi connectivity index (χ4n) is 4.65. The third-order valence-electron chi connectivity index (χ3n) is 6.24. The average Bonchev–Trinajstić information content (AvgIpc) is 2.95. The van der Waals surface area contributed by atoms with E-state index in [-0.39, 0.29) is 11.7 Å². The zero-order valence-corrected chi connectivity index (χ0v) is 15.5. The maximum atomic E-state index is 12.4. The van der Waals surface area contributed by atoms with Crippen molar-refractivity contribution in [3.8, 4) is 0 Å². The van der Waals surface area contributed by atoms with E-state index in [0.717, 1.165) is 51.3 Å². The first kappa shape index (κ1) is 17.6. The molecule has 2 N–H and O–H groups in total. The van der Waals surface area contributed by atoms with Gasteiger partial charge in [0.25, 0.3) is 0 Å². The summed E-state index contributed by atoms with van der Waals surface area (Å²) >= 11 is 0. The fourth-order valence-corrected chi connectivity index (χ4v) is 4.65. The summed E-state index contributed by atoms with van der Waals surface area (Å²) in [6.07, 6.45) is 9.94. The Labute approximate surface area is 155 Å². The highest BCUT2D eigenvalue weighted by molar-refractivity contribution is 5.70. The van der Waals surface area contributed by atoms with Crippen LogP contribution in [0.3, 0.4) is 0 Å². The first-order valence-electron chi connectivity index (χ1n) is 10.0. The Bertz CT molecular complexity index is 619. The van der Waals surface area contributed by atoms with Gasteiger partial charge in [0.15, 0.2) is 0 Å². The lowest BCUT2D eigenvalue weighted by atomic mass is 9.88. The number of nitrogens with two attached hydrogens (primary N) is 1. The van der Waals surface area contributed by atoms with Gasteiger partial charge in [0.2, 0.25) is 0 Å². The third kappa shape index (κ3) is 3.95. The van der Waals surface area contributed by atoms with Crippen LogP contribution >= 0.6 is 0 Å². The van der Waals surface area contributed by atoms with E-state index in [1.165, 1.54) is 32.1 Å². The molecule has 6 nitrogen and oxygen atoms in total. The molecule has 1 amide bonds. The van der Waals surface area contributed by atoms with Crippen molar-refractivity contribution in [2.45, 2.75) is 57.1 Å². The minimum atomic E-state index is -0.267. The molecule has 3 fully saturated rings. The number of aromatic nitrogens is 1. The smallest absolute Gasteiger partial charge is 0.410 e. The van der Waals surface area contributed by atoms with E-state index >= 15 is 0 Å². The van der Waals surface area contributed by atoms with Gasteiger partial charge < -0.3 is 15.4 Å². The van der Waals surface area contributed by atoms with Crippen LogP contribution in [0.1, 0.15) is 50.6 Å². The fraction of sp³-hybridized carbons (Fsp3) is 0.700. The lowest BCUT2D eigenvalue weighted by Gasteiger charge is -2.37. The molecule has 0 atom stereocenters. The van der Waals surface area contributed by atoms with Gasteiger partial charge >= 0.3 is 6.09 Å². The van der Waals surface area contributed by atoms with E-state index in [1.807, 2.05) is 17.0 Å². The predicted octanol–water partition coefficient (Wildman–Crippen LogP) is 3.03. The monoisotopic (exact) mass is 358 g/mol. The number of piperidine rings is 1. The number of rotatable bonds is 4. The largest absolute Gasteiger partial charge is 0.441 e. The van der Waals surface area contributed by atoms with Crippen molar-refractivity contribution in [2.24, 2.45) is 5.92 Å². The number of anilines is 1. The normalized spacial score (nSPS) is 24.2. The highest BCUT2D eigenvalue weighted by atomic mass is 16.6. The first-order valence-corrected chi connectivity index (χ1v) is 10.0. The van der Waals surface area contributed by atoms with Gasteiger partial charge in [0.1, 0.15) is 5.60 Å². The van der Waals surface area contributed by atoms with Gasteiger partial charge in [-0.05, 0) is 30.9 Å². The summed E-state index contributed by atoms with van der Waals surface area (Å²) in [6, 6.07) is 3.89. The van der Waals surface area contributed by atoms with Gasteiger partial charge in [-0.1, -0.05) is 19.3 Å². The Balaban J connectivity index is 1.29. The van der Waals surface area contributed by atoms with E-state index in [2.05, 4.69) is 9.88 Å². The van der Waals surface area contributed by atoms with Crippen molar-refractivity contribution in [3.05, 3.63) is 24.0 Å². The number of hydrogen-bond donors (Lipinski definition) is 1. The number of carbonyl (C=O) groups excluding carboxylic acids is 1. The minimum Gasteiger partial charge on any atom is -0.441 e. The van der Waals surface area contributed by atoms with E-state index in [4.69, 9.17) is 10.5 Å². The van der Waals surface area contributed by atoms with Crippen molar-refractivity contribution in [1.29, 1.82) is 0 Å². The zero-order chi connectivity index (χ0) is 18.0. The molecule has 0 unspecified atom stereocenters. The molecule has 6 heteroatoms. The zero-order valence-electron chi connectivity index (χ0n) is 15.5. The summed E-state index contributed by atoms with van der Waals surface area (Å²) in [5.74, 6) is 0.670. The molecule has 0 aromatic carbocycles. The molecular weight excluding hydrogens is 328 g/mol. The van der Waals surface area contributed by atoms with Crippen LogP contribution in [0.15, 0.2) is 18.3 Å². The molecule has 1 aliphatic carbocycles. The lowest BCUT2D eigenvalue weighted by molar-refractivity contribution is -0.00153. The SMILES string of the molecule is Nc1ccc(CN2CCC3(CC2)CN(CC2CCCCC2)C(=O)O3)nc1. The Morgan fingerprint density at radius 1 is 1.19 bits per heavy atom. The van der Waals surface area contributed by atoms with Gasteiger partial charge in [-0.2, -0.15) is 0 Å². The molecule has 1 saturated carbocycles. The van der Waals surface area contributed by atoms with Gasteiger partial charge in [0.05, 0.1) is 24.1 Å². The summed E-state index contributed by atoms with van der Waals surface area (Å²) < 4.78 is 5.89. The second kappa shape index (κ2) is 7.43. The third-order valence-corrected chi connectivity index (χ3v) is 6.24. The Hall–Kier alpha value is -1.82. The summed E-state index contributed by atoms with van der Waals surface area (Å²) in [5, 5.41) is 0. The van der Waals surface area contributed by atoms with Crippen LogP contribution in [0.5, 0.6) is 0 Å². The van der Waals surface area contributed by atoms with E-state index in [0.29, 0.717) is 11.6 Å². The maximum absolute atomic E-state index is 12.4. The molecule has 0 radical (unpaired) electrons. The minimum absolute atomic E-state index is 0.0933. The molecule has 1 spiro atoms. The number of ether oxygens (including phenoxy) is 1. The van der Waals surface area contributed by atoms with Crippen LogP contribution in [0.2, 0.25) is 0 Å². The van der Waals surface area contributed by atoms with Crippen molar-refractivity contribution in [2.75, 3.05) is 31.9 Å². The molecule has 3 aliphatic rings. The Morgan fingerprint density at radius 2 is 1.96 bits per heavy atom. The highest BCUT2D eigenvalue weighted by Gasteiger charge is 2.47. The average molecular weight is 358 g/mol. The van der Waals surface area contributed by atoms with Crippen LogP contribution in [0, 0.1) is 5.92 Å². The molecule has 26 heavy (non-hydrogen) atoms. The van der Waals surface area contributed by atoms with Crippen molar-refractivity contribution < 1.29 is 9.53 Å². The lowest BCUT2D eigenvalue weighted by Crippen LogP contribution is -2.46. The molecule has 1 aromatic heterocycles.